The van der Waals surface area contributed by atoms with Crippen LogP contribution < -0.4 is 5.32 Å². The van der Waals surface area contributed by atoms with Crippen LogP contribution in [0, 0.1) is 0 Å². The molecule has 1 atom stereocenters. The van der Waals surface area contributed by atoms with E-state index in [4.69, 9.17) is 16.6 Å². The fourth-order valence-corrected chi connectivity index (χ4v) is 3.47. The highest BCUT2D eigenvalue weighted by Gasteiger charge is 2.19. The van der Waals surface area contributed by atoms with Crippen LogP contribution in [-0.2, 0) is 17.6 Å². The zero-order valence-corrected chi connectivity index (χ0v) is 16.0. The van der Waals surface area contributed by atoms with E-state index in [1.807, 2.05) is 60.7 Å². The smallest absolute Gasteiger partial charge is 0.225 e. The number of para-hydroxylation sites is 2. The van der Waals surface area contributed by atoms with Crippen molar-refractivity contribution in [3.05, 3.63) is 101 Å². The van der Waals surface area contributed by atoms with Gasteiger partial charge in [-0.25, -0.2) is 4.98 Å². The Kier molecular flexibility index (Phi) is 5.40. The third-order valence-electron chi connectivity index (χ3n) is 4.66. The predicted octanol–water partition coefficient (Wildman–Crippen LogP) is 4.86. The van der Waals surface area contributed by atoms with E-state index in [9.17, 15) is 4.79 Å². The Morgan fingerprint density at radius 3 is 2.46 bits per heavy atom. The number of nitrogens with one attached hydrogen (secondary N) is 2. The molecule has 4 aromatic rings. The van der Waals surface area contributed by atoms with Crippen molar-refractivity contribution in [3.8, 4) is 0 Å². The van der Waals surface area contributed by atoms with Crippen LogP contribution in [0.25, 0.3) is 11.0 Å². The zero-order valence-electron chi connectivity index (χ0n) is 15.2. The molecule has 0 aliphatic rings. The molecule has 0 radical (unpaired) electrons. The van der Waals surface area contributed by atoms with Crippen LogP contribution in [0.15, 0.2) is 78.9 Å². The van der Waals surface area contributed by atoms with Crippen LogP contribution in [0.4, 0.5) is 0 Å². The normalized spacial score (nSPS) is 12.0. The molecule has 28 heavy (non-hydrogen) atoms. The fourth-order valence-electron chi connectivity index (χ4n) is 3.26. The van der Waals surface area contributed by atoms with Gasteiger partial charge in [0.15, 0.2) is 0 Å². The average molecular weight is 390 g/mol. The molecule has 2 N–H and O–H groups in total. The third kappa shape index (κ3) is 4.24. The molecule has 0 spiro atoms. The maximum atomic E-state index is 12.7. The molecule has 0 unspecified atom stereocenters. The van der Waals surface area contributed by atoms with E-state index in [-0.39, 0.29) is 18.4 Å². The van der Waals surface area contributed by atoms with Crippen LogP contribution in [0.3, 0.4) is 0 Å². The monoisotopic (exact) mass is 389 g/mol. The standard InChI is InChI=1S/C23H20ClN3O/c24-18-11-5-4-10-17(18)15-22(28)25-21(14-16-8-2-1-3-9-16)23-26-19-12-6-7-13-20(19)27-23/h1-13,21H,14-15H2,(H,25,28)(H,26,27)/t21-/m0/s1. The van der Waals surface area contributed by atoms with Crippen molar-refractivity contribution in [3.63, 3.8) is 0 Å². The highest BCUT2D eigenvalue weighted by Crippen LogP contribution is 2.21. The van der Waals surface area contributed by atoms with Gasteiger partial charge in [0.05, 0.1) is 23.5 Å². The molecule has 3 aromatic carbocycles. The van der Waals surface area contributed by atoms with Crippen molar-refractivity contribution in [2.75, 3.05) is 0 Å². The maximum absolute atomic E-state index is 12.7. The van der Waals surface area contributed by atoms with Crippen molar-refractivity contribution >= 4 is 28.5 Å². The Morgan fingerprint density at radius 1 is 0.964 bits per heavy atom. The number of carbonyl (C=O) groups excluding carboxylic acids is 1. The zero-order chi connectivity index (χ0) is 19.3. The maximum Gasteiger partial charge on any atom is 0.225 e. The molecule has 0 saturated heterocycles. The number of rotatable bonds is 6. The second-order valence-corrected chi connectivity index (χ2v) is 7.12. The van der Waals surface area contributed by atoms with Gasteiger partial charge in [0.25, 0.3) is 0 Å². The molecule has 140 valence electrons. The number of benzene rings is 3. The lowest BCUT2D eigenvalue weighted by atomic mass is 10.0. The van der Waals surface area contributed by atoms with E-state index < -0.39 is 0 Å². The fraction of sp³-hybridized carbons (Fsp3) is 0.130. The van der Waals surface area contributed by atoms with Crippen molar-refractivity contribution in [2.45, 2.75) is 18.9 Å². The van der Waals surface area contributed by atoms with Gasteiger partial charge in [0.1, 0.15) is 5.82 Å². The minimum absolute atomic E-state index is 0.0884. The number of hydrogen-bond acceptors (Lipinski definition) is 2. The molecule has 1 amide bonds. The first-order chi connectivity index (χ1) is 13.7. The highest BCUT2D eigenvalue weighted by molar-refractivity contribution is 6.31. The number of fused-ring (bicyclic) bond motifs is 1. The molecule has 0 bridgehead atoms. The van der Waals surface area contributed by atoms with E-state index in [1.54, 1.807) is 6.07 Å². The van der Waals surface area contributed by atoms with Crippen molar-refractivity contribution in [1.29, 1.82) is 0 Å². The largest absolute Gasteiger partial charge is 0.346 e. The van der Waals surface area contributed by atoms with Crippen molar-refractivity contribution in [2.24, 2.45) is 0 Å². The summed E-state index contributed by atoms with van der Waals surface area (Å²) < 4.78 is 0. The quantitative estimate of drug-likeness (QED) is 0.494. The molecule has 0 fully saturated rings. The van der Waals surface area contributed by atoms with Crippen LogP contribution >= 0.6 is 11.6 Å². The molecular weight excluding hydrogens is 370 g/mol. The molecular formula is C23H20ClN3O. The number of hydrogen-bond donors (Lipinski definition) is 2. The van der Waals surface area contributed by atoms with Gasteiger partial charge in [-0.2, -0.15) is 0 Å². The topological polar surface area (TPSA) is 57.8 Å². The summed E-state index contributed by atoms with van der Waals surface area (Å²) in [5, 5.41) is 3.73. The molecule has 0 aliphatic heterocycles. The molecule has 5 heteroatoms. The third-order valence-corrected chi connectivity index (χ3v) is 5.03. The second kappa shape index (κ2) is 8.28. The van der Waals surface area contributed by atoms with Crippen molar-refractivity contribution in [1.82, 2.24) is 15.3 Å². The summed E-state index contributed by atoms with van der Waals surface area (Å²) in [6.07, 6.45) is 0.875. The van der Waals surface area contributed by atoms with Crippen LogP contribution in [0.2, 0.25) is 5.02 Å². The van der Waals surface area contributed by atoms with Gasteiger partial charge in [0, 0.05) is 5.02 Å². The molecule has 0 saturated carbocycles. The van der Waals surface area contributed by atoms with Crippen LogP contribution in [0.5, 0.6) is 0 Å². The van der Waals surface area contributed by atoms with Gasteiger partial charge < -0.3 is 10.3 Å². The number of aromatic amines is 1. The molecule has 4 rings (SSSR count). The van der Waals surface area contributed by atoms with Gasteiger partial charge >= 0.3 is 0 Å². The lowest BCUT2D eigenvalue weighted by Gasteiger charge is -2.17. The summed E-state index contributed by atoms with van der Waals surface area (Å²) >= 11 is 6.21. The Morgan fingerprint density at radius 2 is 1.68 bits per heavy atom. The Bertz CT molecular complexity index is 1060. The minimum atomic E-state index is -0.259. The van der Waals surface area contributed by atoms with E-state index in [2.05, 4.69) is 22.4 Å². The SMILES string of the molecule is O=C(Cc1ccccc1Cl)N[C@@H](Cc1ccccc1)c1nc2ccccc2[nH]1. The molecule has 1 heterocycles. The van der Waals surface area contributed by atoms with E-state index in [0.29, 0.717) is 11.4 Å². The van der Waals surface area contributed by atoms with Gasteiger partial charge in [-0.15, -0.1) is 0 Å². The predicted molar refractivity (Wildman–Crippen MR) is 112 cm³/mol. The average Bonchev–Trinajstić information content (AvgIpc) is 3.14. The van der Waals surface area contributed by atoms with Gasteiger partial charge in [-0.1, -0.05) is 72.3 Å². The number of H-pyrrole nitrogens is 1. The number of imidazole rings is 1. The summed E-state index contributed by atoms with van der Waals surface area (Å²) in [4.78, 5) is 20.8. The van der Waals surface area contributed by atoms with Gasteiger partial charge in [-0.3, -0.25) is 4.79 Å². The molecule has 0 aliphatic carbocycles. The van der Waals surface area contributed by atoms with Crippen LogP contribution in [0.1, 0.15) is 23.0 Å². The summed E-state index contributed by atoms with van der Waals surface area (Å²) in [7, 11) is 0. The molecule has 1 aromatic heterocycles. The Labute approximate surface area is 168 Å². The van der Waals surface area contributed by atoms with Gasteiger partial charge in [-0.05, 0) is 35.7 Å². The first-order valence-electron chi connectivity index (χ1n) is 9.20. The summed E-state index contributed by atoms with van der Waals surface area (Å²) in [6, 6.07) is 25.1. The summed E-state index contributed by atoms with van der Waals surface area (Å²) in [5.74, 6) is 0.659. The molecule has 4 nitrogen and oxygen atoms in total. The lowest BCUT2D eigenvalue weighted by Crippen LogP contribution is -2.32. The Hall–Kier alpha value is -3.11. The number of carbonyl (C=O) groups is 1. The highest BCUT2D eigenvalue weighted by atomic mass is 35.5. The van der Waals surface area contributed by atoms with E-state index in [1.165, 1.54) is 0 Å². The number of aromatic nitrogens is 2. The second-order valence-electron chi connectivity index (χ2n) is 6.72. The number of nitrogens with zero attached hydrogens (tertiary/aromatic N) is 1. The first-order valence-corrected chi connectivity index (χ1v) is 9.58. The van der Waals surface area contributed by atoms with Gasteiger partial charge in [0.2, 0.25) is 5.91 Å². The van der Waals surface area contributed by atoms with Crippen molar-refractivity contribution < 1.29 is 4.79 Å². The minimum Gasteiger partial charge on any atom is -0.346 e. The van der Waals surface area contributed by atoms with E-state index in [0.717, 1.165) is 28.0 Å². The summed E-state index contributed by atoms with van der Waals surface area (Å²) in [6.45, 7) is 0. The number of amides is 1. The van der Waals surface area contributed by atoms with Crippen LogP contribution in [-0.4, -0.2) is 15.9 Å². The lowest BCUT2D eigenvalue weighted by molar-refractivity contribution is -0.121. The number of halogens is 1. The Balaban J connectivity index is 1.59. The summed E-state index contributed by atoms with van der Waals surface area (Å²) in [5.41, 5.74) is 3.78. The first kappa shape index (κ1) is 18.3. The van der Waals surface area contributed by atoms with E-state index >= 15 is 0 Å².